The zero-order valence-corrected chi connectivity index (χ0v) is 15.1. The molecule has 6 heteroatoms. The van der Waals surface area contributed by atoms with Gasteiger partial charge in [0.2, 0.25) is 0 Å². The summed E-state index contributed by atoms with van der Waals surface area (Å²) in [6, 6.07) is 0. The van der Waals surface area contributed by atoms with E-state index in [1.807, 2.05) is 0 Å². The third-order valence-corrected chi connectivity index (χ3v) is 5.47. The van der Waals surface area contributed by atoms with Crippen molar-refractivity contribution in [1.82, 2.24) is 14.9 Å². The van der Waals surface area contributed by atoms with Crippen LogP contribution in [-0.4, -0.2) is 47.7 Å². The molecule has 2 aromatic heterocycles. The summed E-state index contributed by atoms with van der Waals surface area (Å²) in [6.07, 6.45) is 2.34. The molecular weight excluding hydrogens is 308 g/mol. The van der Waals surface area contributed by atoms with Crippen LogP contribution < -0.4 is 5.32 Å². The van der Waals surface area contributed by atoms with Crippen LogP contribution in [0.2, 0.25) is 0 Å². The van der Waals surface area contributed by atoms with Crippen molar-refractivity contribution in [1.29, 1.82) is 0 Å². The Balaban J connectivity index is 1.89. The normalized spacial score (nSPS) is 16.1. The average Bonchev–Trinajstić information content (AvgIpc) is 2.83. The number of nitrogens with zero attached hydrogens (tertiary/aromatic N) is 3. The van der Waals surface area contributed by atoms with E-state index in [-0.39, 0.29) is 0 Å². The molecular formula is C17H26N4OS. The van der Waals surface area contributed by atoms with Gasteiger partial charge in [-0.1, -0.05) is 13.3 Å². The number of unbranched alkanes of at least 4 members (excludes halogenated alkanes) is 1. The first kappa shape index (κ1) is 16.6. The highest BCUT2D eigenvalue weighted by atomic mass is 32.1. The van der Waals surface area contributed by atoms with Gasteiger partial charge in [0.15, 0.2) is 0 Å². The van der Waals surface area contributed by atoms with Crippen molar-refractivity contribution in [2.24, 2.45) is 0 Å². The van der Waals surface area contributed by atoms with Gasteiger partial charge in [-0.2, -0.15) is 0 Å². The molecule has 1 aliphatic rings. The molecule has 0 spiro atoms. The van der Waals surface area contributed by atoms with E-state index in [1.165, 1.54) is 22.2 Å². The van der Waals surface area contributed by atoms with Crippen LogP contribution in [0.25, 0.3) is 10.2 Å². The van der Waals surface area contributed by atoms with E-state index in [1.54, 1.807) is 11.3 Å². The number of hydrogen-bond acceptors (Lipinski definition) is 6. The summed E-state index contributed by atoms with van der Waals surface area (Å²) < 4.78 is 5.42. The van der Waals surface area contributed by atoms with E-state index in [4.69, 9.17) is 14.7 Å². The van der Waals surface area contributed by atoms with E-state index in [2.05, 4.69) is 31.0 Å². The van der Waals surface area contributed by atoms with Gasteiger partial charge in [-0.25, -0.2) is 9.97 Å². The lowest BCUT2D eigenvalue weighted by molar-refractivity contribution is 0.0331. The van der Waals surface area contributed by atoms with Crippen LogP contribution in [0.4, 0.5) is 5.82 Å². The van der Waals surface area contributed by atoms with Crippen LogP contribution in [0.5, 0.6) is 0 Å². The predicted molar refractivity (Wildman–Crippen MR) is 96.4 cm³/mol. The first-order chi connectivity index (χ1) is 11.2. The van der Waals surface area contributed by atoms with Gasteiger partial charge in [0.1, 0.15) is 16.5 Å². The Morgan fingerprint density at radius 2 is 2.00 bits per heavy atom. The summed E-state index contributed by atoms with van der Waals surface area (Å²) in [5, 5.41) is 4.74. The molecule has 5 nitrogen and oxygen atoms in total. The van der Waals surface area contributed by atoms with Crippen molar-refractivity contribution >= 4 is 27.4 Å². The molecule has 0 radical (unpaired) electrons. The number of morpholine rings is 1. The molecule has 0 bridgehead atoms. The van der Waals surface area contributed by atoms with E-state index in [0.717, 1.165) is 62.3 Å². The maximum Gasteiger partial charge on any atom is 0.146 e. The lowest BCUT2D eigenvalue weighted by Crippen LogP contribution is -2.36. The maximum atomic E-state index is 5.42. The summed E-state index contributed by atoms with van der Waals surface area (Å²) >= 11 is 1.77. The number of rotatable bonds is 6. The molecule has 0 atom stereocenters. The molecule has 1 saturated heterocycles. The number of anilines is 1. The molecule has 23 heavy (non-hydrogen) atoms. The first-order valence-corrected chi connectivity index (χ1v) is 9.31. The summed E-state index contributed by atoms with van der Waals surface area (Å²) in [5.41, 5.74) is 1.31. The van der Waals surface area contributed by atoms with Gasteiger partial charge in [-0.05, 0) is 25.8 Å². The monoisotopic (exact) mass is 334 g/mol. The second-order valence-corrected chi connectivity index (χ2v) is 7.32. The number of nitrogens with one attached hydrogen (secondary N) is 1. The Labute approximate surface area is 142 Å². The molecule has 3 heterocycles. The molecule has 0 unspecified atom stereocenters. The second-order valence-electron chi connectivity index (χ2n) is 6.12. The van der Waals surface area contributed by atoms with Crippen molar-refractivity contribution < 1.29 is 4.74 Å². The number of aryl methyl sites for hydroxylation is 2. The molecule has 0 saturated carbocycles. The fourth-order valence-electron chi connectivity index (χ4n) is 2.84. The summed E-state index contributed by atoms with van der Waals surface area (Å²) in [6.45, 7) is 11.9. The minimum absolute atomic E-state index is 0.803. The highest BCUT2D eigenvalue weighted by molar-refractivity contribution is 7.18. The van der Waals surface area contributed by atoms with Gasteiger partial charge in [0.25, 0.3) is 0 Å². The Morgan fingerprint density at radius 3 is 2.74 bits per heavy atom. The van der Waals surface area contributed by atoms with Gasteiger partial charge in [-0.15, -0.1) is 11.3 Å². The maximum absolute atomic E-state index is 5.42. The fraction of sp³-hybridized carbons (Fsp3) is 0.647. The smallest absolute Gasteiger partial charge is 0.146 e. The van der Waals surface area contributed by atoms with Crippen LogP contribution in [-0.2, 0) is 11.3 Å². The Hall–Kier alpha value is -1.24. The second kappa shape index (κ2) is 7.55. The number of aromatic nitrogens is 2. The summed E-state index contributed by atoms with van der Waals surface area (Å²) in [7, 11) is 0. The molecule has 2 aromatic rings. The molecule has 1 N–H and O–H groups in total. The number of ether oxygens (including phenoxy) is 1. The van der Waals surface area contributed by atoms with E-state index in [0.29, 0.717) is 0 Å². The number of hydrogen-bond donors (Lipinski definition) is 1. The third-order valence-electron chi connectivity index (χ3n) is 4.37. The zero-order valence-electron chi connectivity index (χ0n) is 14.3. The number of fused-ring (bicyclic) bond motifs is 1. The summed E-state index contributed by atoms with van der Waals surface area (Å²) in [5.74, 6) is 1.92. The van der Waals surface area contributed by atoms with Crippen molar-refractivity contribution in [3.63, 3.8) is 0 Å². The molecule has 1 fully saturated rings. The molecule has 0 amide bonds. The Kier molecular flexibility index (Phi) is 5.46. The quantitative estimate of drug-likeness (QED) is 0.821. The van der Waals surface area contributed by atoms with Gasteiger partial charge in [-0.3, -0.25) is 4.90 Å². The van der Waals surface area contributed by atoms with Gasteiger partial charge in [0, 0.05) is 24.5 Å². The SMILES string of the molecule is CCCCNc1nc(CN2CCOCC2)nc2sc(C)c(C)c12. The van der Waals surface area contributed by atoms with E-state index >= 15 is 0 Å². The molecule has 0 aliphatic carbocycles. The number of thiophene rings is 1. The van der Waals surface area contributed by atoms with E-state index < -0.39 is 0 Å². The van der Waals surface area contributed by atoms with Crippen LogP contribution >= 0.6 is 11.3 Å². The molecule has 0 aromatic carbocycles. The minimum Gasteiger partial charge on any atom is -0.379 e. The average molecular weight is 334 g/mol. The van der Waals surface area contributed by atoms with Crippen molar-refractivity contribution in [2.45, 2.75) is 40.2 Å². The Morgan fingerprint density at radius 1 is 1.22 bits per heavy atom. The van der Waals surface area contributed by atoms with Crippen LogP contribution in [0.3, 0.4) is 0 Å². The predicted octanol–water partition coefficient (Wildman–Crippen LogP) is 3.35. The topological polar surface area (TPSA) is 50.3 Å². The van der Waals surface area contributed by atoms with Crippen LogP contribution in [0.1, 0.15) is 36.0 Å². The lowest BCUT2D eigenvalue weighted by atomic mass is 10.2. The Bertz CT molecular complexity index is 664. The van der Waals surface area contributed by atoms with E-state index in [9.17, 15) is 0 Å². The van der Waals surface area contributed by atoms with Crippen molar-refractivity contribution in [2.75, 3.05) is 38.2 Å². The fourth-order valence-corrected chi connectivity index (χ4v) is 3.88. The highest BCUT2D eigenvalue weighted by Crippen LogP contribution is 2.33. The van der Waals surface area contributed by atoms with Gasteiger partial charge < -0.3 is 10.1 Å². The third kappa shape index (κ3) is 3.82. The lowest BCUT2D eigenvalue weighted by Gasteiger charge is -2.25. The first-order valence-electron chi connectivity index (χ1n) is 8.49. The zero-order chi connectivity index (χ0) is 16.2. The largest absolute Gasteiger partial charge is 0.379 e. The van der Waals surface area contributed by atoms with Crippen molar-refractivity contribution in [3.05, 3.63) is 16.3 Å². The standard InChI is InChI=1S/C17H26N4OS/c1-4-5-6-18-16-15-12(2)13(3)23-17(15)20-14(19-16)11-21-7-9-22-10-8-21/h4-11H2,1-3H3,(H,18,19,20). The molecule has 3 rings (SSSR count). The van der Waals surface area contributed by atoms with Gasteiger partial charge in [0.05, 0.1) is 25.1 Å². The van der Waals surface area contributed by atoms with Crippen molar-refractivity contribution in [3.8, 4) is 0 Å². The van der Waals surface area contributed by atoms with Crippen LogP contribution in [0.15, 0.2) is 0 Å². The van der Waals surface area contributed by atoms with Gasteiger partial charge >= 0.3 is 0 Å². The highest BCUT2D eigenvalue weighted by Gasteiger charge is 2.17. The molecule has 126 valence electrons. The molecule has 1 aliphatic heterocycles. The minimum atomic E-state index is 0.803. The van der Waals surface area contributed by atoms with Crippen LogP contribution in [0, 0.1) is 13.8 Å². The summed E-state index contributed by atoms with van der Waals surface area (Å²) in [4.78, 5) is 14.5.